The lowest BCUT2D eigenvalue weighted by atomic mass is 10.1. The van der Waals surface area contributed by atoms with Crippen molar-refractivity contribution in [3.8, 4) is 11.5 Å². The average Bonchev–Trinajstić information content (AvgIpc) is 3.42. The number of anilines is 1. The van der Waals surface area contributed by atoms with Crippen LogP contribution in [0.4, 0.5) is 10.8 Å². The summed E-state index contributed by atoms with van der Waals surface area (Å²) in [7, 11) is 0. The Hall–Kier alpha value is -4.39. The lowest BCUT2D eigenvalue weighted by Crippen LogP contribution is -2.19. The summed E-state index contributed by atoms with van der Waals surface area (Å²) in [6.45, 7) is -0.0283. The van der Waals surface area contributed by atoms with Crippen molar-refractivity contribution in [1.29, 1.82) is 0 Å². The van der Waals surface area contributed by atoms with E-state index in [1.54, 1.807) is 30.3 Å². The number of nitrogens with zero attached hydrogens (tertiary/aromatic N) is 4. The molecule has 0 saturated heterocycles. The SMILES string of the molecule is O=C(Cc1nnc(NC(=O)c2ccccc2)s1)N/N=C\c1cc2c(cc1[N+](=O)[O-])OCO2. The van der Waals surface area contributed by atoms with Gasteiger partial charge in [-0.15, -0.1) is 10.2 Å². The van der Waals surface area contributed by atoms with Crippen LogP contribution < -0.4 is 20.2 Å². The molecule has 0 saturated carbocycles. The molecule has 4 rings (SSSR count). The number of nitro benzene ring substituents is 1. The molecule has 0 bridgehead atoms. The highest BCUT2D eigenvalue weighted by Crippen LogP contribution is 2.37. The van der Waals surface area contributed by atoms with Gasteiger partial charge in [0, 0.05) is 5.56 Å². The molecule has 13 heteroatoms. The third kappa shape index (κ3) is 4.84. The van der Waals surface area contributed by atoms with Crippen LogP contribution in [0.1, 0.15) is 20.9 Å². The summed E-state index contributed by atoms with van der Waals surface area (Å²) in [5.74, 6) is -0.235. The van der Waals surface area contributed by atoms with E-state index in [1.807, 2.05) is 0 Å². The van der Waals surface area contributed by atoms with E-state index in [-0.39, 0.29) is 41.3 Å². The van der Waals surface area contributed by atoms with E-state index in [1.165, 1.54) is 12.1 Å². The zero-order valence-electron chi connectivity index (χ0n) is 16.2. The molecule has 0 radical (unpaired) electrons. The van der Waals surface area contributed by atoms with Gasteiger partial charge in [0.2, 0.25) is 17.8 Å². The maximum atomic E-state index is 12.1. The molecular formula is C19H14N6O6S. The first kappa shape index (κ1) is 20.9. The molecule has 162 valence electrons. The van der Waals surface area contributed by atoms with Crippen molar-refractivity contribution in [2.45, 2.75) is 6.42 Å². The number of nitro groups is 1. The monoisotopic (exact) mass is 454 g/mol. The van der Waals surface area contributed by atoms with Crippen molar-refractivity contribution in [3.63, 3.8) is 0 Å². The second-order valence-corrected chi connectivity index (χ2v) is 7.37. The Morgan fingerprint density at radius 3 is 2.69 bits per heavy atom. The van der Waals surface area contributed by atoms with Gasteiger partial charge in [-0.05, 0) is 18.2 Å². The molecule has 1 aromatic heterocycles. The maximum absolute atomic E-state index is 12.1. The number of rotatable bonds is 7. The van der Waals surface area contributed by atoms with E-state index in [0.717, 1.165) is 17.6 Å². The van der Waals surface area contributed by atoms with Crippen molar-refractivity contribution < 1.29 is 24.0 Å². The number of benzene rings is 2. The first-order valence-corrected chi connectivity index (χ1v) is 9.90. The fourth-order valence-corrected chi connectivity index (χ4v) is 3.43. The molecule has 2 heterocycles. The van der Waals surface area contributed by atoms with Gasteiger partial charge in [0.1, 0.15) is 5.01 Å². The van der Waals surface area contributed by atoms with Crippen LogP contribution in [0.5, 0.6) is 11.5 Å². The minimum absolute atomic E-state index is 0.0283. The van der Waals surface area contributed by atoms with Crippen molar-refractivity contribution in [2.75, 3.05) is 12.1 Å². The van der Waals surface area contributed by atoms with Crippen LogP contribution in [-0.2, 0) is 11.2 Å². The maximum Gasteiger partial charge on any atom is 0.282 e. The number of aromatic nitrogens is 2. The number of fused-ring (bicyclic) bond motifs is 1. The summed E-state index contributed by atoms with van der Waals surface area (Å²) in [6.07, 6.45) is 1.00. The smallest absolute Gasteiger partial charge is 0.282 e. The Morgan fingerprint density at radius 2 is 1.94 bits per heavy atom. The van der Waals surface area contributed by atoms with E-state index in [4.69, 9.17) is 9.47 Å². The summed E-state index contributed by atoms with van der Waals surface area (Å²) < 4.78 is 10.3. The Kier molecular flexibility index (Phi) is 5.98. The molecule has 0 spiro atoms. The number of ether oxygens (including phenoxy) is 2. The van der Waals surface area contributed by atoms with Crippen LogP contribution in [0.25, 0.3) is 0 Å². The molecular weight excluding hydrogens is 440 g/mol. The first-order chi connectivity index (χ1) is 15.5. The first-order valence-electron chi connectivity index (χ1n) is 9.08. The van der Waals surface area contributed by atoms with Crippen molar-refractivity contribution in [2.24, 2.45) is 5.10 Å². The van der Waals surface area contributed by atoms with Crippen molar-refractivity contribution in [1.82, 2.24) is 15.6 Å². The highest BCUT2D eigenvalue weighted by atomic mass is 32.1. The Bertz CT molecular complexity index is 1210. The molecule has 0 unspecified atom stereocenters. The third-order valence-corrected chi connectivity index (χ3v) is 4.99. The van der Waals surface area contributed by atoms with E-state index in [9.17, 15) is 19.7 Å². The number of hydrogen-bond donors (Lipinski definition) is 2. The molecule has 3 aromatic rings. The number of carbonyl (C=O) groups excluding carboxylic acids is 2. The van der Waals surface area contributed by atoms with E-state index < -0.39 is 10.8 Å². The van der Waals surface area contributed by atoms with Crippen LogP contribution in [-0.4, -0.2) is 39.9 Å². The zero-order chi connectivity index (χ0) is 22.5. The molecule has 2 aromatic carbocycles. The van der Waals surface area contributed by atoms with Gasteiger partial charge in [-0.25, -0.2) is 5.43 Å². The number of nitrogens with one attached hydrogen (secondary N) is 2. The summed E-state index contributed by atoms with van der Waals surface area (Å²) >= 11 is 1.05. The highest BCUT2D eigenvalue weighted by molar-refractivity contribution is 7.15. The number of hydrazone groups is 1. The topological polar surface area (TPSA) is 158 Å². The predicted molar refractivity (Wildman–Crippen MR) is 113 cm³/mol. The van der Waals surface area contributed by atoms with Crippen LogP contribution in [0.2, 0.25) is 0 Å². The Labute approximate surface area is 184 Å². The number of carbonyl (C=O) groups is 2. The van der Waals surface area contributed by atoms with Gasteiger partial charge in [-0.2, -0.15) is 5.10 Å². The fraction of sp³-hybridized carbons (Fsp3) is 0.105. The number of amides is 2. The van der Waals surface area contributed by atoms with Gasteiger partial charge in [0.05, 0.1) is 29.2 Å². The van der Waals surface area contributed by atoms with Gasteiger partial charge >= 0.3 is 0 Å². The third-order valence-electron chi connectivity index (χ3n) is 4.15. The molecule has 0 aliphatic carbocycles. The Morgan fingerprint density at radius 1 is 1.19 bits per heavy atom. The molecule has 32 heavy (non-hydrogen) atoms. The summed E-state index contributed by atoms with van der Waals surface area (Å²) in [5.41, 5.74) is 2.64. The van der Waals surface area contributed by atoms with Crippen LogP contribution in [0.15, 0.2) is 47.6 Å². The molecule has 2 N–H and O–H groups in total. The van der Waals surface area contributed by atoms with Crippen molar-refractivity contribution in [3.05, 3.63) is 68.7 Å². The lowest BCUT2D eigenvalue weighted by molar-refractivity contribution is -0.385. The van der Waals surface area contributed by atoms with Gasteiger partial charge in [-0.1, -0.05) is 29.5 Å². The zero-order valence-corrected chi connectivity index (χ0v) is 17.0. The fourth-order valence-electron chi connectivity index (χ4n) is 2.69. The highest BCUT2D eigenvalue weighted by Gasteiger charge is 2.22. The van der Waals surface area contributed by atoms with Gasteiger partial charge in [0.15, 0.2) is 11.5 Å². The lowest BCUT2D eigenvalue weighted by Gasteiger charge is -2.01. The van der Waals surface area contributed by atoms with E-state index in [2.05, 4.69) is 26.0 Å². The van der Waals surface area contributed by atoms with Crippen molar-refractivity contribution >= 4 is 40.2 Å². The molecule has 0 fully saturated rings. The van der Waals surface area contributed by atoms with Crippen LogP contribution >= 0.6 is 11.3 Å². The minimum Gasteiger partial charge on any atom is -0.454 e. The predicted octanol–water partition coefficient (Wildman–Crippen LogP) is 2.12. The van der Waals surface area contributed by atoms with Crippen LogP contribution in [0, 0.1) is 10.1 Å². The van der Waals surface area contributed by atoms with Gasteiger partial charge < -0.3 is 9.47 Å². The Balaban J connectivity index is 1.34. The normalized spacial score (nSPS) is 12.0. The van der Waals surface area contributed by atoms with Gasteiger partial charge in [-0.3, -0.25) is 25.0 Å². The molecule has 12 nitrogen and oxygen atoms in total. The molecule has 1 aliphatic heterocycles. The average molecular weight is 454 g/mol. The summed E-state index contributed by atoms with van der Waals surface area (Å²) in [6, 6.07) is 11.2. The molecule has 1 aliphatic rings. The quantitative estimate of drug-likeness (QED) is 0.312. The number of hydrogen-bond acceptors (Lipinski definition) is 10. The minimum atomic E-state index is -0.586. The largest absolute Gasteiger partial charge is 0.454 e. The summed E-state index contributed by atoms with van der Waals surface area (Å²) in [5, 5.41) is 25.9. The second-order valence-electron chi connectivity index (χ2n) is 6.31. The molecule has 2 amide bonds. The summed E-state index contributed by atoms with van der Waals surface area (Å²) in [4.78, 5) is 34.9. The van der Waals surface area contributed by atoms with E-state index in [0.29, 0.717) is 16.3 Å². The van der Waals surface area contributed by atoms with Gasteiger partial charge in [0.25, 0.3) is 11.6 Å². The second kappa shape index (κ2) is 9.18. The van der Waals surface area contributed by atoms with Crippen LogP contribution in [0.3, 0.4) is 0 Å². The van der Waals surface area contributed by atoms with E-state index >= 15 is 0 Å². The standard InChI is InChI=1S/C19H14N6O6S/c26-16(8-17-23-24-19(32-17)21-18(27)11-4-2-1-3-5-11)22-20-9-12-6-14-15(31-10-30-14)7-13(12)25(28)29/h1-7,9H,8,10H2,(H,22,26)(H,21,24,27)/b20-9-. The molecule has 0 atom stereocenters.